The number of hydrogen-bond donors (Lipinski definition) is 3. The molecule has 3 N–H and O–H groups in total. The minimum absolute atomic E-state index is 0.0926. The van der Waals surface area contributed by atoms with E-state index in [2.05, 4.69) is 14.8 Å². The molecule has 0 unspecified atom stereocenters. The van der Waals surface area contributed by atoms with Gasteiger partial charge in [-0.05, 0) is 41.8 Å². The predicted octanol–water partition coefficient (Wildman–Crippen LogP) is 2.50. The summed E-state index contributed by atoms with van der Waals surface area (Å²) in [5, 5.41) is 2.60. The van der Waals surface area contributed by atoms with Crippen molar-refractivity contribution in [3.63, 3.8) is 0 Å². The van der Waals surface area contributed by atoms with E-state index in [-0.39, 0.29) is 23.5 Å². The van der Waals surface area contributed by atoms with E-state index < -0.39 is 26.0 Å². The van der Waals surface area contributed by atoms with Crippen LogP contribution in [-0.4, -0.2) is 42.7 Å². The van der Waals surface area contributed by atoms with Crippen LogP contribution in [0.5, 0.6) is 5.75 Å². The molecule has 9 nitrogen and oxygen atoms in total. The number of methoxy groups -OCH3 is 1. The monoisotopic (exact) mass is 469 g/mol. The largest absolute Gasteiger partial charge is 0.495 e. The summed E-state index contributed by atoms with van der Waals surface area (Å²) in [5.41, 5.74) is 1.54. The zero-order valence-corrected chi connectivity index (χ0v) is 19.4. The Hall–Kier alpha value is -2.63. The summed E-state index contributed by atoms with van der Waals surface area (Å²) in [7, 11) is -5.88. The van der Waals surface area contributed by atoms with Crippen LogP contribution in [0, 0.1) is 0 Å². The lowest BCUT2D eigenvalue weighted by molar-refractivity contribution is -0.116. The van der Waals surface area contributed by atoms with E-state index in [0.717, 1.165) is 11.8 Å². The first-order valence-electron chi connectivity index (χ1n) is 9.46. The molecule has 170 valence electrons. The molecule has 0 bridgehead atoms. The second-order valence-electron chi connectivity index (χ2n) is 7.21. The molecule has 1 amide bonds. The summed E-state index contributed by atoms with van der Waals surface area (Å²) in [6.07, 6.45) is 0.893. The molecule has 0 saturated carbocycles. The maximum absolute atomic E-state index is 12.4. The standard InChI is InChI=1S/C20H27N3O6S2/c1-14(2)15-5-8-17(9-6-15)31(27,28)21-12-11-20(24)22-16-7-10-19(29-3)18(13-16)23-30(4,25)26/h5-10,13-14,21,23H,11-12H2,1-4H3,(H,22,24). The van der Waals surface area contributed by atoms with Crippen molar-refractivity contribution in [2.24, 2.45) is 0 Å². The van der Waals surface area contributed by atoms with Crippen LogP contribution in [0.25, 0.3) is 0 Å². The van der Waals surface area contributed by atoms with Gasteiger partial charge in [0.1, 0.15) is 5.75 Å². The predicted molar refractivity (Wildman–Crippen MR) is 120 cm³/mol. The Kier molecular flexibility index (Phi) is 8.04. The molecule has 0 aliphatic heterocycles. The van der Waals surface area contributed by atoms with Crippen LogP contribution in [0.4, 0.5) is 11.4 Å². The van der Waals surface area contributed by atoms with Gasteiger partial charge in [-0.2, -0.15) is 0 Å². The third-order valence-electron chi connectivity index (χ3n) is 4.28. The SMILES string of the molecule is COc1ccc(NC(=O)CCNS(=O)(=O)c2ccc(C(C)C)cc2)cc1NS(C)(=O)=O. The average Bonchev–Trinajstić information content (AvgIpc) is 2.67. The summed E-state index contributed by atoms with van der Waals surface area (Å²) in [5.74, 6) is 0.146. The van der Waals surface area contributed by atoms with Gasteiger partial charge in [-0.3, -0.25) is 9.52 Å². The van der Waals surface area contributed by atoms with Gasteiger partial charge in [-0.1, -0.05) is 26.0 Å². The molecular formula is C20H27N3O6S2. The Morgan fingerprint density at radius 3 is 2.23 bits per heavy atom. The minimum atomic E-state index is -3.73. The number of hydrogen-bond acceptors (Lipinski definition) is 6. The quantitative estimate of drug-likeness (QED) is 0.490. The number of ether oxygens (including phenoxy) is 1. The third-order valence-corrected chi connectivity index (χ3v) is 6.35. The molecule has 2 aromatic rings. The zero-order valence-electron chi connectivity index (χ0n) is 17.8. The van der Waals surface area contributed by atoms with Gasteiger partial charge in [-0.25, -0.2) is 21.6 Å². The Morgan fingerprint density at radius 1 is 1.03 bits per heavy atom. The van der Waals surface area contributed by atoms with Crippen LogP contribution in [0.15, 0.2) is 47.4 Å². The number of rotatable bonds is 10. The molecule has 0 saturated heterocycles. The summed E-state index contributed by atoms with van der Waals surface area (Å²) >= 11 is 0. The molecule has 11 heteroatoms. The molecule has 0 radical (unpaired) electrons. The molecule has 0 aromatic heterocycles. The van der Waals surface area contributed by atoms with Crippen molar-refractivity contribution >= 4 is 37.3 Å². The maximum atomic E-state index is 12.4. The molecule has 0 aliphatic carbocycles. The Morgan fingerprint density at radius 2 is 1.68 bits per heavy atom. The summed E-state index contributed by atoms with van der Waals surface area (Å²) in [6, 6.07) is 11.1. The van der Waals surface area contributed by atoms with Crippen molar-refractivity contribution in [3.8, 4) is 5.75 Å². The highest BCUT2D eigenvalue weighted by Gasteiger charge is 2.15. The normalized spacial score (nSPS) is 11.9. The lowest BCUT2D eigenvalue weighted by Gasteiger charge is -2.13. The number of sulfonamides is 2. The molecule has 2 aromatic carbocycles. The van der Waals surface area contributed by atoms with E-state index in [4.69, 9.17) is 4.74 Å². The lowest BCUT2D eigenvalue weighted by atomic mass is 10.0. The zero-order chi connectivity index (χ0) is 23.2. The van der Waals surface area contributed by atoms with Gasteiger partial charge in [-0.15, -0.1) is 0 Å². The van der Waals surface area contributed by atoms with Gasteiger partial charge in [0.25, 0.3) is 0 Å². The van der Waals surface area contributed by atoms with E-state index in [9.17, 15) is 21.6 Å². The van der Waals surface area contributed by atoms with Crippen molar-refractivity contribution in [2.75, 3.05) is 29.9 Å². The van der Waals surface area contributed by atoms with E-state index in [1.165, 1.54) is 31.4 Å². The fraction of sp³-hybridized carbons (Fsp3) is 0.350. The number of carbonyl (C=O) groups is 1. The number of anilines is 2. The van der Waals surface area contributed by atoms with E-state index in [1.54, 1.807) is 18.2 Å². The topological polar surface area (TPSA) is 131 Å². The van der Waals surface area contributed by atoms with E-state index in [0.29, 0.717) is 17.4 Å². The first-order valence-corrected chi connectivity index (χ1v) is 12.8. The molecule has 0 fully saturated rings. The highest BCUT2D eigenvalue weighted by Crippen LogP contribution is 2.28. The van der Waals surface area contributed by atoms with Gasteiger partial charge < -0.3 is 10.1 Å². The lowest BCUT2D eigenvalue weighted by Crippen LogP contribution is -2.27. The average molecular weight is 470 g/mol. The first-order chi connectivity index (χ1) is 14.4. The highest BCUT2D eigenvalue weighted by atomic mass is 32.2. The number of carbonyl (C=O) groups excluding carboxylic acids is 1. The smallest absolute Gasteiger partial charge is 0.240 e. The fourth-order valence-electron chi connectivity index (χ4n) is 2.70. The molecule has 0 aliphatic rings. The number of benzene rings is 2. The van der Waals surface area contributed by atoms with Crippen molar-refractivity contribution in [3.05, 3.63) is 48.0 Å². The fourth-order valence-corrected chi connectivity index (χ4v) is 4.29. The van der Waals surface area contributed by atoms with Crippen molar-refractivity contribution in [1.29, 1.82) is 0 Å². The van der Waals surface area contributed by atoms with E-state index >= 15 is 0 Å². The van der Waals surface area contributed by atoms with Crippen LogP contribution in [0.1, 0.15) is 31.7 Å². The van der Waals surface area contributed by atoms with Gasteiger partial charge >= 0.3 is 0 Å². The molecule has 2 rings (SSSR count). The van der Waals surface area contributed by atoms with Gasteiger partial charge in [0, 0.05) is 18.7 Å². The van der Waals surface area contributed by atoms with Gasteiger partial charge in [0.2, 0.25) is 26.0 Å². The summed E-state index contributed by atoms with van der Waals surface area (Å²) in [4.78, 5) is 12.3. The molecule has 31 heavy (non-hydrogen) atoms. The molecule has 0 atom stereocenters. The Labute approximate surface area is 183 Å². The van der Waals surface area contributed by atoms with Crippen molar-refractivity contribution < 1.29 is 26.4 Å². The van der Waals surface area contributed by atoms with Crippen LogP contribution >= 0.6 is 0 Å². The molecular weight excluding hydrogens is 442 g/mol. The highest BCUT2D eigenvalue weighted by molar-refractivity contribution is 7.92. The number of amides is 1. The maximum Gasteiger partial charge on any atom is 0.240 e. The van der Waals surface area contributed by atoms with Crippen LogP contribution in [0.2, 0.25) is 0 Å². The van der Waals surface area contributed by atoms with Crippen molar-refractivity contribution in [2.45, 2.75) is 31.1 Å². The second-order valence-corrected chi connectivity index (χ2v) is 10.7. The molecule has 0 heterocycles. The van der Waals surface area contributed by atoms with Crippen molar-refractivity contribution in [1.82, 2.24) is 4.72 Å². The minimum Gasteiger partial charge on any atom is -0.495 e. The van der Waals surface area contributed by atoms with Crippen LogP contribution in [-0.2, 0) is 24.8 Å². The molecule has 0 spiro atoms. The van der Waals surface area contributed by atoms with Gasteiger partial charge in [0.05, 0.1) is 23.9 Å². The summed E-state index contributed by atoms with van der Waals surface area (Å²) in [6.45, 7) is 3.94. The Balaban J connectivity index is 1.96. The Bertz CT molecular complexity index is 1130. The van der Waals surface area contributed by atoms with Crippen LogP contribution in [0.3, 0.4) is 0 Å². The first kappa shape index (κ1) is 24.6. The van der Waals surface area contributed by atoms with Gasteiger partial charge in [0.15, 0.2) is 0 Å². The second kappa shape index (κ2) is 10.1. The third kappa shape index (κ3) is 7.53. The summed E-state index contributed by atoms with van der Waals surface area (Å²) < 4.78 is 57.5. The number of nitrogens with one attached hydrogen (secondary N) is 3. The van der Waals surface area contributed by atoms with E-state index in [1.807, 2.05) is 13.8 Å². The van der Waals surface area contributed by atoms with Crippen LogP contribution < -0.4 is 19.5 Å².